The van der Waals surface area contributed by atoms with Gasteiger partial charge in [0.25, 0.3) is 0 Å². The van der Waals surface area contributed by atoms with Gasteiger partial charge in [-0.3, -0.25) is 0 Å². The smallest absolute Gasteiger partial charge is 0.0714 e. The van der Waals surface area contributed by atoms with E-state index in [2.05, 4.69) is 276 Å². The first-order valence-electron chi connectivity index (χ1n) is 26.4. The second-order valence-electron chi connectivity index (χ2n) is 20.7. The van der Waals surface area contributed by atoms with Crippen molar-refractivity contribution in [3.63, 3.8) is 0 Å². The summed E-state index contributed by atoms with van der Waals surface area (Å²) >= 11 is 0. The first-order valence-corrected chi connectivity index (χ1v) is 26.4. The molecule has 0 atom stereocenters. The monoisotopic (exact) mass is 944 g/mol. The maximum atomic E-state index is 2.55. The van der Waals surface area contributed by atoms with Gasteiger partial charge in [-0.05, 0) is 157 Å². The van der Waals surface area contributed by atoms with Gasteiger partial charge in [0.15, 0.2) is 0 Å². The lowest BCUT2D eigenvalue weighted by atomic mass is 9.67. The molecule has 2 heteroatoms. The molecule has 0 aliphatic heterocycles. The molecule has 3 aliphatic rings. The molecular weight excluding hydrogens is 893 g/mol. The van der Waals surface area contributed by atoms with Crippen molar-refractivity contribution in [3.05, 3.63) is 300 Å². The highest BCUT2D eigenvalue weighted by Gasteiger charge is 2.48. The van der Waals surface area contributed by atoms with Gasteiger partial charge in [0, 0.05) is 38.9 Å². The maximum Gasteiger partial charge on any atom is 0.0714 e. The van der Waals surface area contributed by atoms with Crippen molar-refractivity contribution < 1.29 is 0 Å². The zero-order valence-corrected chi connectivity index (χ0v) is 41.1. The molecule has 1 saturated carbocycles. The number of hydrogen-bond donors (Lipinski definition) is 0. The third kappa shape index (κ3) is 6.31. The van der Waals surface area contributed by atoms with Crippen LogP contribution >= 0.6 is 0 Å². The number of anilines is 3. The third-order valence-corrected chi connectivity index (χ3v) is 17.0. The van der Waals surface area contributed by atoms with Crippen molar-refractivity contribution in [2.45, 2.75) is 36.5 Å². The molecule has 0 amide bonds. The van der Waals surface area contributed by atoms with E-state index in [4.69, 9.17) is 0 Å². The lowest BCUT2D eigenvalue weighted by Gasteiger charge is -2.35. The van der Waals surface area contributed by atoms with Crippen LogP contribution in [0.15, 0.2) is 267 Å². The van der Waals surface area contributed by atoms with E-state index in [9.17, 15) is 0 Å². The molecule has 350 valence electrons. The number of fused-ring (bicyclic) bond motifs is 11. The predicted molar refractivity (Wildman–Crippen MR) is 308 cm³/mol. The van der Waals surface area contributed by atoms with Crippen LogP contribution in [-0.2, 0) is 10.8 Å². The molecule has 0 N–H and O–H groups in total. The Balaban J connectivity index is 0.959. The van der Waals surface area contributed by atoms with Gasteiger partial charge < -0.3 is 9.47 Å². The fourth-order valence-electron chi connectivity index (χ4n) is 13.8. The largest absolute Gasteiger partial charge is 0.310 e. The Hall–Kier alpha value is -8.98. The summed E-state index contributed by atoms with van der Waals surface area (Å²) in [4.78, 5) is 2.53. The molecule has 1 heterocycles. The third-order valence-electron chi connectivity index (χ3n) is 17.0. The molecule has 12 aromatic rings. The molecule has 0 saturated heterocycles. The van der Waals surface area contributed by atoms with Gasteiger partial charge in [-0.15, -0.1) is 0 Å². The van der Waals surface area contributed by atoms with Gasteiger partial charge in [0.2, 0.25) is 0 Å². The Morgan fingerprint density at radius 2 is 0.824 bits per heavy atom. The molecule has 1 aromatic heterocycles. The van der Waals surface area contributed by atoms with Crippen LogP contribution in [-0.4, -0.2) is 4.57 Å². The van der Waals surface area contributed by atoms with Crippen molar-refractivity contribution >= 4 is 38.9 Å². The number of rotatable bonds is 8. The number of hydrogen-bond acceptors (Lipinski definition) is 1. The van der Waals surface area contributed by atoms with E-state index in [1.165, 1.54) is 131 Å². The number of para-hydroxylation sites is 1. The van der Waals surface area contributed by atoms with Crippen LogP contribution in [0, 0.1) is 0 Å². The summed E-state index contributed by atoms with van der Waals surface area (Å²) in [6.45, 7) is 0. The summed E-state index contributed by atoms with van der Waals surface area (Å²) in [7, 11) is 0. The van der Waals surface area contributed by atoms with Crippen LogP contribution in [0.5, 0.6) is 0 Å². The van der Waals surface area contributed by atoms with E-state index >= 15 is 0 Å². The minimum Gasteiger partial charge on any atom is -0.310 e. The molecule has 1 fully saturated rings. The summed E-state index contributed by atoms with van der Waals surface area (Å²) in [5.41, 5.74) is 24.6. The van der Waals surface area contributed by atoms with Crippen LogP contribution in [0.25, 0.3) is 72.0 Å². The molecule has 0 radical (unpaired) electrons. The second-order valence-corrected chi connectivity index (χ2v) is 20.7. The predicted octanol–water partition coefficient (Wildman–Crippen LogP) is 18.8. The average Bonchev–Trinajstić information content (AvgIpc) is 4.26. The molecule has 1 spiro atoms. The Morgan fingerprint density at radius 3 is 1.51 bits per heavy atom. The fourth-order valence-corrected chi connectivity index (χ4v) is 13.8. The van der Waals surface area contributed by atoms with Crippen molar-refractivity contribution in [1.82, 2.24) is 4.57 Å². The van der Waals surface area contributed by atoms with E-state index in [-0.39, 0.29) is 5.41 Å². The van der Waals surface area contributed by atoms with Crippen molar-refractivity contribution in [1.29, 1.82) is 0 Å². The minimum atomic E-state index is -0.608. The summed E-state index contributed by atoms with van der Waals surface area (Å²) in [6, 6.07) is 100. The summed E-state index contributed by atoms with van der Waals surface area (Å²) in [5.74, 6) is 0. The lowest BCUT2D eigenvalue weighted by Crippen LogP contribution is -2.28. The molecule has 0 unspecified atom stereocenters. The SMILES string of the molecule is c1ccc(-c2ccc(N(c3ccc4c(c3)C3(CCCC3)c3ccccc3-4)c3ccc4c(c3)C(c3ccccc3)(c3ccccc3)c3ccc(-n5c6ccccc6c6cc(-c7ccccc7)ccc65)cc3-4)cc2)cc1. The van der Waals surface area contributed by atoms with E-state index in [0.717, 1.165) is 17.1 Å². The molecule has 0 bridgehead atoms. The Morgan fingerprint density at radius 1 is 0.311 bits per heavy atom. The molecule has 11 aromatic carbocycles. The summed E-state index contributed by atoms with van der Waals surface area (Å²) in [6.07, 6.45) is 4.88. The fraction of sp³-hybridized carbons (Fsp3) is 0.0833. The number of aromatic nitrogens is 1. The second kappa shape index (κ2) is 16.8. The molecule has 15 rings (SSSR count). The average molecular weight is 945 g/mol. The topological polar surface area (TPSA) is 8.17 Å². The van der Waals surface area contributed by atoms with Crippen molar-refractivity contribution in [2.75, 3.05) is 4.90 Å². The molecular formula is C72H52N2. The van der Waals surface area contributed by atoms with Gasteiger partial charge in [-0.1, -0.05) is 213 Å². The highest BCUT2D eigenvalue weighted by Crippen LogP contribution is 2.60. The first-order chi connectivity index (χ1) is 36.7. The molecule has 74 heavy (non-hydrogen) atoms. The summed E-state index contributed by atoms with van der Waals surface area (Å²) in [5, 5.41) is 2.50. The van der Waals surface area contributed by atoms with Crippen molar-refractivity contribution in [2.24, 2.45) is 0 Å². The Kier molecular flexibility index (Phi) is 9.69. The maximum absolute atomic E-state index is 2.55. The Bertz CT molecular complexity index is 4070. The molecule has 3 aliphatic carbocycles. The zero-order valence-electron chi connectivity index (χ0n) is 41.1. The zero-order chi connectivity index (χ0) is 48.8. The standard InChI is InChI=1S/C72H52N2/c1-5-19-49(20-6-1)51-31-34-55(35-32-51)73(57-36-39-60-59-27-13-15-29-65(59)71(67(60)47-57)43-17-18-44-71)58-37-40-61-63-46-56(38-41-66(63)72(68(61)48-58,53-23-9-3-10-24-53)54-25-11-4-12-26-54)74-69-30-16-14-28-62(69)64-45-52(33-42-70(64)74)50-21-7-2-8-22-50/h1-16,19-42,45-48H,17-18,43-44H2. The van der Waals surface area contributed by atoms with Gasteiger partial charge in [0.1, 0.15) is 0 Å². The molecule has 2 nitrogen and oxygen atoms in total. The Labute approximate surface area is 433 Å². The summed E-state index contributed by atoms with van der Waals surface area (Å²) < 4.78 is 2.48. The van der Waals surface area contributed by atoms with Gasteiger partial charge in [-0.2, -0.15) is 0 Å². The van der Waals surface area contributed by atoms with Crippen LogP contribution in [0.2, 0.25) is 0 Å². The highest BCUT2D eigenvalue weighted by molar-refractivity contribution is 6.10. The normalized spacial score (nSPS) is 14.5. The van der Waals surface area contributed by atoms with Crippen LogP contribution in [0.3, 0.4) is 0 Å². The van der Waals surface area contributed by atoms with E-state index in [1.54, 1.807) is 0 Å². The van der Waals surface area contributed by atoms with Gasteiger partial charge in [0.05, 0.1) is 16.4 Å². The quantitative estimate of drug-likeness (QED) is 0.147. The van der Waals surface area contributed by atoms with Crippen LogP contribution in [0.1, 0.15) is 59.1 Å². The number of benzene rings is 11. The van der Waals surface area contributed by atoms with Crippen LogP contribution in [0.4, 0.5) is 17.1 Å². The van der Waals surface area contributed by atoms with Crippen molar-refractivity contribution in [3.8, 4) is 50.2 Å². The van der Waals surface area contributed by atoms with E-state index in [1.807, 2.05) is 0 Å². The first kappa shape index (κ1) is 42.7. The highest BCUT2D eigenvalue weighted by atomic mass is 15.1. The van der Waals surface area contributed by atoms with Gasteiger partial charge in [-0.25, -0.2) is 0 Å². The number of nitrogens with zero attached hydrogens (tertiary/aromatic N) is 2. The minimum absolute atomic E-state index is 0.0401. The van der Waals surface area contributed by atoms with E-state index in [0.29, 0.717) is 0 Å². The van der Waals surface area contributed by atoms with E-state index < -0.39 is 5.41 Å². The van der Waals surface area contributed by atoms with Gasteiger partial charge >= 0.3 is 0 Å². The lowest BCUT2D eigenvalue weighted by molar-refractivity contribution is 0.550. The van der Waals surface area contributed by atoms with Crippen LogP contribution < -0.4 is 4.90 Å².